The lowest BCUT2D eigenvalue weighted by Crippen LogP contribution is -2.39. The van der Waals surface area contributed by atoms with Crippen molar-refractivity contribution < 1.29 is 2.82 Å². The first-order chi connectivity index (χ1) is 3.79. The Labute approximate surface area is 40.9 Å². The number of piperazine rings is 1. The van der Waals surface area contributed by atoms with Crippen LogP contribution in [0.25, 0.3) is 0 Å². The second-order valence-corrected chi connectivity index (χ2v) is 1.34. The Morgan fingerprint density at radius 1 is 1.00 bits per heavy atom. The van der Waals surface area contributed by atoms with Crippen molar-refractivity contribution in [3.05, 3.63) is 0 Å². The predicted octanol–water partition coefficient (Wildman–Crippen LogP) is -0.821. The Bertz CT molecular complexity index is 60.4. The maximum absolute atomic E-state index is 7.09. The summed E-state index contributed by atoms with van der Waals surface area (Å²) in [5.41, 5.74) is 0. The molecule has 2 N–H and O–H groups in total. The zero-order valence-corrected chi connectivity index (χ0v) is 3.72. The van der Waals surface area contributed by atoms with Gasteiger partial charge in [-0.15, -0.1) is 0 Å². The van der Waals surface area contributed by atoms with Crippen LogP contribution in [-0.4, -0.2) is 26.2 Å². The second kappa shape index (κ2) is 2.16. The van der Waals surface area contributed by atoms with Gasteiger partial charge in [0.15, 0.2) is 0 Å². The van der Waals surface area contributed by atoms with E-state index in [-0.39, 0.29) is 0 Å². The molecule has 0 radical (unpaired) electrons. The summed E-state index contributed by atoms with van der Waals surface area (Å²) in [6.45, 7) is 2.85. The first kappa shape index (κ1) is 2.28. The van der Waals surface area contributed by atoms with E-state index in [1.54, 1.807) is 0 Å². The predicted molar refractivity (Wildman–Crippen MR) is 25.7 cm³/mol. The summed E-state index contributed by atoms with van der Waals surface area (Å²) in [5, 5.41) is 2.98. The van der Waals surface area contributed by atoms with Gasteiger partial charge in [0.2, 0.25) is 0 Å². The molecule has 0 spiro atoms. The molecule has 1 heterocycles. The summed E-state index contributed by atoms with van der Waals surface area (Å²) in [4.78, 5) is 0. The van der Waals surface area contributed by atoms with Gasteiger partial charge in [0, 0.05) is 26.2 Å². The van der Waals surface area contributed by atoms with Crippen LogP contribution in [-0.2, 0) is 0 Å². The van der Waals surface area contributed by atoms with Gasteiger partial charge in [-0.25, -0.2) is 0 Å². The average molecular weight is 88.2 g/mol. The maximum atomic E-state index is 7.09. The van der Waals surface area contributed by atoms with Crippen LogP contribution in [0.4, 0.5) is 0 Å². The van der Waals surface area contributed by atoms with Crippen molar-refractivity contribution in [1.29, 1.82) is 0 Å². The molecule has 2 nitrogen and oxygen atoms in total. The van der Waals surface area contributed by atoms with E-state index in [0.29, 0.717) is 26.2 Å². The van der Waals surface area contributed by atoms with Crippen molar-refractivity contribution in [2.75, 3.05) is 26.2 Å². The fourth-order valence-electron chi connectivity index (χ4n) is 0.506. The maximum Gasteiger partial charge on any atom is 0.122 e. The molecule has 0 amide bonds. The van der Waals surface area contributed by atoms with E-state index in [4.69, 9.17) is 2.82 Å². The molecule has 0 aromatic heterocycles. The molecule has 0 unspecified atom stereocenters. The molecule has 1 aliphatic rings. The summed E-state index contributed by atoms with van der Waals surface area (Å²) < 4.78 is 14.2. The smallest absolute Gasteiger partial charge is 0.122 e. The number of nitrogens with one attached hydrogen (secondary N) is 2. The minimum absolute atomic E-state index is 0.712. The summed E-state index contributed by atoms with van der Waals surface area (Å²) in [7, 11) is 0. The highest BCUT2D eigenvalue weighted by atomic mass is 15.0. The zero-order valence-electron chi connectivity index (χ0n) is 5.72. The molecule has 0 bridgehead atoms. The van der Waals surface area contributed by atoms with Gasteiger partial charge in [0.1, 0.15) is 2.82 Å². The molecule has 1 aliphatic heterocycles. The van der Waals surface area contributed by atoms with Gasteiger partial charge in [0.05, 0.1) is 0 Å². The minimum atomic E-state index is 0.712. The van der Waals surface area contributed by atoms with Crippen molar-refractivity contribution in [2.24, 2.45) is 0 Å². The van der Waals surface area contributed by atoms with E-state index < -0.39 is 0 Å². The van der Waals surface area contributed by atoms with Crippen LogP contribution in [0.2, 0.25) is 2.82 Å². The molecule has 0 atom stereocenters. The van der Waals surface area contributed by atoms with Crippen molar-refractivity contribution in [2.45, 2.75) is 0 Å². The van der Waals surface area contributed by atoms with Crippen LogP contribution in [0.1, 0.15) is 0 Å². The fourth-order valence-corrected chi connectivity index (χ4v) is 0.506. The molecule has 1 saturated heterocycles. The highest BCUT2D eigenvalue weighted by molar-refractivity contribution is 4.59. The Kier molecular flexibility index (Phi) is 0.821. The van der Waals surface area contributed by atoms with Crippen LogP contribution in [0, 0.1) is 0 Å². The van der Waals surface area contributed by atoms with E-state index >= 15 is 0 Å². The topological polar surface area (TPSA) is 24.1 Å². The summed E-state index contributed by atoms with van der Waals surface area (Å²) in [6.07, 6.45) is 0. The van der Waals surface area contributed by atoms with Crippen LogP contribution in [0.15, 0.2) is 0 Å². The van der Waals surface area contributed by atoms with Crippen LogP contribution in [0.5, 0.6) is 0 Å². The van der Waals surface area contributed by atoms with E-state index in [1.165, 1.54) is 10.6 Å². The molecule has 6 heavy (non-hydrogen) atoms. The number of hydrogen-bond donors (Lipinski definition) is 2. The first-order valence-corrected chi connectivity index (χ1v) is 2.26. The molecule has 1 fully saturated rings. The van der Waals surface area contributed by atoms with Gasteiger partial charge in [-0.1, -0.05) is 0 Å². The van der Waals surface area contributed by atoms with Gasteiger partial charge in [-0.2, -0.15) is 0 Å². The quantitative estimate of drug-likeness (QED) is 0.404. The van der Waals surface area contributed by atoms with E-state index in [0.717, 1.165) is 0 Å². The van der Waals surface area contributed by atoms with E-state index in [9.17, 15) is 0 Å². The molecule has 0 aromatic rings. The molecular formula is C4H10N2. The van der Waals surface area contributed by atoms with Gasteiger partial charge in [-0.3, -0.25) is 0 Å². The molecular weight excluding hydrogens is 76.1 g/mol. The van der Waals surface area contributed by atoms with Gasteiger partial charge in [0.25, 0.3) is 0 Å². The zero-order chi connectivity index (χ0) is 5.98. The fraction of sp³-hybridized carbons (Fsp3) is 1.00. The van der Waals surface area contributed by atoms with Gasteiger partial charge in [-0.05, 0) is 0 Å². The highest BCUT2D eigenvalue weighted by Gasteiger charge is 1.91. The third-order valence-electron chi connectivity index (χ3n) is 0.832. The van der Waals surface area contributed by atoms with Crippen molar-refractivity contribution in [1.82, 2.24) is 10.6 Å². The lowest BCUT2D eigenvalue weighted by atomic mass is 10.4. The van der Waals surface area contributed by atoms with Crippen LogP contribution >= 0.6 is 0 Å². The average Bonchev–Trinajstić information content (AvgIpc) is 1.77. The molecule has 0 saturated carbocycles. The molecule has 2 heteroatoms. The third-order valence-corrected chi connectivity index (χ3v) is 0.832. The Hall–Kier alpha value is -0.0800. The van der Waals surface area contributed by atoms with Crippen molar-refractivity contribution in [3.63, 3.8) is 0 Å². The Balaban J connectivity index is 2.19. The molecule has 1 rings (SSSR count). The monoisotopic (exact) mass is 88.1 g/mol. The lowest BCUT2D eigenvalue weighted by Gasteiger charge is -2.11. The normalized spacial score (nSPS) is 35.3. The summed E-state index contributed by atoms with van der Waals surface area (Å²) in [5.74, 6) is 0. The van der Waals surface area contributed by atoms with E-state index in [1.807, 2.05) is 0 Å². The molecule has 0 aliphatic carbocycles. The number of hydrogen-bond acceptors (Lipinski definition) is 2. The third kappa shape index (κ3) is 0.954. The SMILES string of the molecule is [2H]N1CCN([2H])CC1. The summed E-state index contributed by atoms with van der Waals surface area (Å²) >= 11 is 0. The first-order valence-electron chi connectivity index (χ1n) is 3.16. The van der Waals surface area contributed by atoms with Crippen molar-refractivity contribution >= 4 is 0 Å². The summed E-state index contributed by atoms with van der Waals surface area (Å²) in [6, 6.07) is 0. The van der Waals surface area contributed by atoms with Gasteiger partial charge < -0.3 is 10.6 Å². The standard InChI is InChI=1S/C4H10N2/c1-2-6-4-3-5-1/h5-6H,1-4H2/i/hD2. The number of rotatable bonds is 0. The highest BCUT2D eigenvalue weighted by Crippen LogP contribution is 1.65. The largest absolute Gasteiger partial charge is 0.314 e. The lowest BCUT2D eigenvalue weighted by molar-refractivity contribution is 0.534. The second-order valence-electron chi connectivity index (χ2n) is 1.34. The van der Waals surface area contributed by atoms with E-state index in [2.05, 4.69) is 0 Å². The van der Waals surface area contributed by atoms with Gasteiger partial charge >= 0.3 is 0 Å². The van der Waals surface area contributed by atoms with Crippen LogP contribution in [0.3, 0.4) is 0 Å². The minimum Gasteiger partial charge on any atom is -0.314 e. The Morgan fingerprint density at radius 3 is 1.67 bits per heavy atom. The Morgan fingerprint density at radius 2 is 1.33 bits per heavy atom. The van der Waals surface area contributed by atoms with Crippen LogP contribution < -0.4 is 10.6 Å². The molecule has 0 aromatic carbocycles. The van der Waals surface area contributed by atoms with Crippen molar-refractivity contribution in [3.8, 4) is 0 Å². The molecule has 36 valence electrons.